The molecule has 0 N–H and O–H groups in total. The number of rotatable bonds is 3. The molecule has 5 nitrogen and oxygen atoms in total. The lowest BCUT2D eigenvalue weighted by molar-refractivity contribution is 0.0471. The molecule has 0 amide bonds. The van der Waals surface area contributed by atoms with Crippen LogP contribution in [0.1, 0.15) is 21.5 Å². The summed E-state index contributed by atoms with van der Waals surface area (Å²) in [6.07, 6.45) is 0. The molecule has 0 saturated heterocycles. The second kappa shape index (κ2) is 6.19. The number of nitriles is 1. The lowest BCUT2D eigenvalue weighted by Crippen LogP contribution is -2.16. The van der Waals surface area contributed by atoms with Gasteiger partial charge in [-0.1, -0.05) is 12.1 Å². The summed E-state index contributed by atoms with van der Waals surface area (Å²) in [5.74, 6) is 0.760. The number of hydrogen-bond donors (Lipinski definition) is 0. The van der Waals surface area contributed by atoms with Gasteiger partial charge in [-0.2, -0.15) is 5.26 Å². The second-order valence-electron chi connectivity index (χ2n) is 4.74. The summed E-state index contributed by atoms with van der Waals surface area (Å²) >= 11 is 0. The van der Waals surface area contributed by atoms with Crippen LogP contribution in [0.3, 0.4) is 0 Å². The van der Waals surface area contributed by atoms with Crippen LogP contribution in [0.15, 0.2) is 42.5 Å². The fraction of sp³-hybridized carbons (Fsp3) is 0.176. The van der Waals surface area contributed by atoms with Gasteiger partial charge in [0.25, 0.3) is 0 Å². The number of fused-ring (bicyclic) bond motifs is 1. The Morgan fingerprint density at radius 2 is 1.82 bits per heavy atom. The molecule has 0 radical (unpaired) electrons. The smallest absolute Gasteiger partial charge is 0.338 e. The Kier molecular flexibility index (Phi) is 3.92. The van der Waals surface area contributed by atoms with Gasteiger partial charge in [0.1, 0.15) is 19.8 Å². The molecule has 110 valence electrons. The van der Waals surface area contributed by atoms with Crippen molar-refractivity contribution in [2.24, 2.45) is 0 Å². The Morgan fingerprint density at radius 1 is 1.09 bits per heavy atom. The van der Waals surface area contributed by atoms with E-state index in [2.05, 4.69) is 0 Å². The van der Waals surface area contributed by atoms with Gasteiger partial charge in [0, 0.05) is 0 Å². The van der Waals surface area contributed by atoms with E-state index < -0.39 is 5.97 Å². The normalized spacial score (nSPS) is 12.3. The molecule has 1 aliphatic rings. The molecule has 22 heavy (non-hydrogen) atoms. The zero-order chi connectivity index (χ0) is 15.4. The predicted molar refractivity (Wildman–Crippen MR) is 77.7 cm³/mol. The molecule has 2 aromatic rings. The van der Waals surface area contributed by atoms with Gasteiger partial charge in [0.05, 0.1) is 17.2 Å². The van der Waals surface area contributed by atoms with Crippen LogP contribution in [-0.4, -0.2) is 19.2 Å². The highest BCUT2D eigenvalue weighted by molar-refractivity contribution is 5.90. The highest BCUT2D eigenvalue weighted by Gasteiger charge is 2.15. The van der Waals surface area contributed by atoms with E-state index in [0.29, 0.717) is 35.8 Å². The van der Waals surface area contributed by atoms with E-state index in [1.54, 1.807) is 42.5 Å². The number of carbonyl (C=O) groups excluding carboxylic acids is 1. The molecule has 3 rings (SSSR count). The minimum Gasteiger partial charge on any atom is -0.486 e. The minimum absolute atomic E-state index is 0.152. The summed E-state index contributed by atoms with van der Waals surface area (Å²) < 4.78 is 16.1. The molecule has 1 aliphatic heterocycles. The molecule has 0 fully saturated rings. The largest absolute Gasteiger partial charge is 0.486 e. The molecule has 0 bridgehead atoms. The summed E-state index contributed by atoms with van der Waals surface area (Å²) in [5, 5.41) is 8.73. The lowest BCUT2D eigenvalue weighted by Gasteiger charge is -2.18. The van der Waals surface area contributed by atoms with Gasteiger partial charge >= 0.3 is 5.97 Å². The molecule has 0 spiro atoms. The molecule has 0 unspecified atom stereocenters. The SMILES string of the molecule is N#Cc1ccc(COC(=O)c2ccc3c(c2)OCCO3)cc1. The van der Waals surface area contributed by atoms with E-state index in [1.165, 1.54) is 0 Å². The van der Waals surface area contributed by atoms with Gasteiger partial charge in [0.2, 0.25) is 0 Å². The first kappa shape index (κ1) is 14.0. The third-order valence-electron chi connectivity index (χ3n) is 3.23. The van der Waals surface area contributed by atoms with Crippen LogP contribution < -0.4 is 9.47 Å². The van der Waals surface area contributed by atoms with Gasteiger partial charge in [-0.05, 0) is 35.9 Å². The Balaban J connectivity index is 1.65. The Hall–Kier alpha value is -3.00. The summed E-state index contributed by atoms with van der Waals surface area (Å²) in [7, 11) is 0. The molecule has 0 saturated carbocycles. The van der Waals surface area contributed by atoms with Crippen molar-refractivity contribution in [3.63, 3.8) is 0 Å². The van der Waals surface area contributed by atoms with Crippen LogP contribution in [0.25, 0.3) is 0 Å². The third kappa shape index (κ3) is 3.01. The zero-order valence-corrected chi connectivity index (χ0v) is 11.7. The highest BCUT2D eigenvalue weighted by Crippen LogP contribution is 2.30. The fourth-order valence-corrected chi connectivity index (χ4v) is 2.08. The molecular formula is C17H13NO4. The number of hydrogen-bond acceptors (Lipinski definition) is 5. The zero-order valence-electron chi connectivity index (χ0n) is 11.7. The van der Waals surface area contributed by atoms with Crippen LogP contribution in [-0.2, 0) is 11.3 Å². The van der Waals surface area contributed by atoms with Crippen molar-refractivity contribution in [3.05, 3.63) is 59.2 Å². The van der Waals surface area contributed by atoms with E-state index in [1.807, 2.05) is 6.07 Å². The van der Waals surface area contributed by atoms with Gasteiger partial charge < -0.3 is 14.2 Å². The maximum Gasteiger partial charge on any atom is 0.338 e. The molecule has 2 aromatic carbocycles. The third-order valence-corrected chi connectivity index (χ3v) is 3.23. The first-order valence-corrected chi connectivity index (χ1v) is 6.82. The summed E-state index contributed by atoms with van der Waals surface area (Å²) in [4.78, 5) is 12.1. The molecule has 0 aromatic heterocycles. The number of benzene rings is 2. The average Bonchev–Trinajstić information content (AvgIpc) is 2.59. The van der Waals surface area contributed by atoms with Crippen LogP contribution in [0, 0.1) is 11.3 Å². The van der Waals surface area contributed by atoms with Crippen molar-refractivity contribution in [2.75, 3.05) is 13.2 Å². The Labute approximate surface area is 127 Å². The van der Waals surface area contributed by atoms with Gasteiger partial charge in [-0.15, -0.1) is 0 Å². The standard InChI is InChI=1S/C17H13NO4/c18-10-12-1-3-13(4-2-12)11-22-17(19)14-5-6-15-16(9-14)21-8-7-20-15/h1-6,9H,7-8,11H2. The molecule has 1 heterocycles. The quantitative estimate of drug-likeness (QED) is 0.814. The topological polar surface area (TPSA) is 68.5 Å². The van der Waals surface area contributed by atoms with E-state index in [4.69, 9.17) is 19.5 Å². The first-order chi connectivity index (χ1) is 10.8. The van der Waals surface area contributed by atoms with Crippen molar-refractivity contribution in [1.82, 2.24) is 0 Å². The van der Waals surface area contributed by atoms with Crippen molar-refractivity contribution >= 4 is 5.97 Å². The Bertz CT molecular complexity index is 731. The number of esters is 1. The van der Waals surface area contributed by atoms with E-state index in [0.717, 1.165) is 5.56 Å². The van der Waals surface area contributed by atoms with Crippen LogP contribution in [0.5, 0.6) is 11.5 Å². The van der Waals surface area contributed by atoms with E-state index in [-0.39, 0.29) is 6.61 Å². The van der Waals surface area contributed by atoms with Crippen molar-refractivity contribution in [2.45, 2.75) is 6.61 Å². The van der Waals surface area contributed by atoms with Crippen LogP contribution in [0.4, 0.5) is 0 Å². The maximum absolute atomic E-state index is 12.1. The molecule has 0 atom stereocenters. The number of carbonyl (C=O) groups is 1. The lowest BCUT2D eigenvalue weighted by atomic mass is 10.1. The first-order valence-electron chi connectivity index (χ1n) is 6.82. The molecule has 0 aliphatic carbocycles. The van der Waals surface area contributed by atoms with E-state index >= 15 is 0 Å². The highest BCUT2D eigenvalue weighted by atomic mass is 16.6. The average molecular weight is 295 g/mol. The van der Waals surface area contributed by atoms with Crippen LogP contribution in [0.2, 0.25) is 0 Å². The second-order valence-corrected chi connectivity index (χ2v) is 4.74. The Morgan fingerprint density at radius 3 is 2.55 bits per heavy atom. The maximum atomic E-state index is 12.1. The van der Waals surface area contributed by atoms with Gasteiger partial charge in [0.15, 0.2) is 11.5 Å². The summed E-state index contributed by atoms with van der Waals surface area (Å²) in [6.45, 7) is 1.13. The molecular weight excluding hydrogens is 282 g/mol. The van der Waals surface area contributed by atoms with Gasteiger partial charge in [-0.3, -0.25) is 0 Å². The van der Waals surface area contributed by atoms with Crippen molar-refractivity contribution in [3.8, 4) is 17.6 Å². The summed E-state index contributed by atoms with van der Waals surface area (Å²) in [6, 6.07) is 13.9. The van der Waals surface area contributed by atoms with Gasteiger partial charge in [-0.25, -0.2) is 4.79 Å². The van der Waals surface area contributed by atoms with Crippen LogP contribution >= 0.6 is 0 Å². The monoisotopic (exact) mass is 295 g/mol. The summed E-state index contributed by atoms with van der Waals surface area (Å²) in [5.41, 5.74) is 1.81. The molecule has 5 heteroatoms. The fourth-order valence-electron chi connectivity index (χ4n) is 2.08. The van der Waals surface area contributed by atoms with Crippen molar-refractivity contribution < 1.29 is 19.0 Å². The number of nitrogens with zero attached hydrogens (tertiary/aromatic N) is 1. The van der Waals surface area contributed by atoms with Crippen molar-refractivity contribution in [1.29, 1.82) is 5.26 Å². The number of ether oxygens (including phenoxy) is 3. The van der Waals surface area contributed by atoms with E-state index in [9.17, 15) is 4.79 Å². The predicted octanol–water partition coefficient (Wildman–Crippen LogP) is 2.69. The minimum atomic E-state index is -0.429.